The normalized spacial score (nSPS) is 19.5. The lowest BCUT2D eigenvalue weighted by Gasteiger charge is -2.35. The molecule has 1 aliphatic carbocycles. The molecule has 0 radical (unpaired) electrons. The molecule has 1 amide bonds. The van der Waals surface area contributed by atoms with Gasteiger partial charge in [-0.2, -0.15) is 0 Å². The van der Waals surface area contributed by atoms with Crippen LogP contribution in [-0.2, 0) is 22.4 Å². The highest BCUT2D eigenvalue weighted by molar-refractivity contribution is 5.76. The summed E-state index contributed by atoms with van der Waals surface area (Å²) < 4.78 is 16.5. The van der Waals surface area contributed by atoms with Crippen LogP contribution in [0.2, 0.25) is 0 Å². The first-order chi connectivity index (χ1) is 14.7. The van der Waals surface area contributed by atoms with Gasteiger partial charge in [0.25, 0.3) is 0 Å². The third kappa shape index (κ3) is 5.88. The third-order valence-corrected chi connectivity index (χ3v) is 6.34. The number of carbonyl (C=O) groups is 1. The van der Waals surface area contributed by atoms with Gasteiger partial charge in [-0.05, 0) is 81.3 Å². The molecule has 1 aliphatic heterocycles. The smallest absolute Gasteiger partial charge is 0.224 e. The number of hydrogen-bond acceptors (Lipinski definition) is 5. The molecule has 168 valence electrons. The van der Waals surface area contributed by atoms with Gasteiger partial charge in [0.15, 0.2) is 11.5 Å². The van der Waals surface area contributed by atoms with Crippen LogP contribution < -0.4 is 9.47 Å². The average molecular weight is 419 g/mol. The molecule has 1 unspecified atom stereocenters. The van der Waals surface area contributed by atoms with E-state index in [9.17, 15) is 4.79 Å². The fourth-order valence-corrected chi connectivity index (χ4v) is 4.68. The molecule has 1 aromatic rings. The Hall–Kier alpha value is -1.79. The van der Waals surface area contributed by atoms with Crippen LogP contribution in [0.15, 0.2) is 12.1 Å². The maximum absolute atomic E-state index is 12.1. The van der Waals surface area contributed by atoms with Gasteiger partial charge in [0, 0.05) is 25.6 Å². The number of fused-ring (bicyclic) bond motifs is 1. The van der Waals surface area contributed by atoms with E-state index in [0.717, 1.165) is 69.7 Å². The molecule has 0 bridgehead atoms. The van der Waals surface area contributed by atoms with Gasteiger partial charge in [-0.3, -0.25) is 4.79 Å². The van der Waals surface area contributed by atoms with Crippen LogP contribution in [0, 0.1) is 0 Å². The summed E-state index contributed by atoms with van der Waals surface area (Å²) in [6, 6.07) is 4.88. The molecule has 1 aromatic carbocycles. The number of aryl methyl sites for hydroxylation is 1. The highest BCUT2D eigenvalue weighted by Gasteiger charge is 2.25. The van der Waals surface area contributed by atoms with Gasteiger partial charge in [-0.1, -0.05) is 6.92 Å². The number of carbonyl (C=O) groups excluding carboxylic acids is 1. The molecular formula is C24H38N2O4. The predicted octanol–water partition coefficient (Wildman–Crippen LogP) is 3.65. The Morgan fingerprint density at radius 3 is 2.60 bits per heavy atom. The maximum atomic E-state index is 12.1. The summed E-state index contributed by atoms with van der Waals surface area (Å²) in [4.78, 5) is 16.7. The summed E-state index contributed by atoms with van der Waals surface area (Å²) in [6.45, 7) is 6.44. The van der Waals surface area contributed by atoms with E-state index < -0.39 is 0 Å². The van der Waals surface area contributed by atoms with E-state index in [0.29, 0.717) is 25.8 Å². The zero-order valence-corrected chi connectivity index (χ0v) is 19.0. The third-order valence-electron chi connectivity index (χ3n) is 6.34. The molecule has 1 atom stereocenters. The molecular weight excluding hydrogens is 380 g/mol. The van der Waals surface area contributed by atoms with Gasteiger partial charge in [0.1, 0.15) is 6.73 Å². The first kappa shape index (κ1) is 22.9. The molecule has 1 saturated heterocycles. The van der Waals surface area contributed by atoms with Crippen molar-refractivity contribution in [1.29, 1.82) is 0 Å². The lowest BCUT2D eigenvalue weighted by molar-refractivity contribution is -0.134. The van der Waals surface area contributed by atoms with Crippen molar-refractivity contribution in [3.05, 3.63) is 23.3 Å². The van der Waals surface area contributed by atoms with E-state index in [-0.39, 0.29) is 5.91 Å². The Morgan fingerprint density at radius 2 is 1.87 bits per heavy atom. The number of amides is 1. The largest absolute Gasteiger partial charge is 0.493 e. The average Bonchev–Trinajstić information content (AvgIpc) is 2.98. The van der Waals surface area contributed by atoms with Gasteiger partial charge in [-0.15, -0.1) is 0 Å². The van der Waals surface area contributed by atoms with Gasteiger partial charge < -0.3 is 24.0 Å². The zero-order chi connectivity index (χ0) is 21.3. The van der Waals surface area contributed by atoms with E-state index >= 15 is 0 Å². The van der Waals surface area contributed by atoms with E-state index in [2.05, 4.69) is 24.0 Å². The van der Waals surface area contributed by atoms with E-state index in [4.69, 9.17) is 14.2 Å². The van der Waals surface area contributed by atoms with Crippen LogP contribution in [0.5, 0.6) is 11.5 Å². The predicted molar refractivity (Wildman–Crippen MR) is 118 cm³/mol. The standard InChI is InChI=1S/C24H38N2O4/c1-4-11-25(12-5-6-13-26-18-30-14-7-8-24(26)27)21-10-9-19-16-22(28-2)23(29-3)17-20(19)15-21/h16-17,21H,4-15,18H2,1-3H3. The lowest BCUT2D eigenvalue weighted by Crippen LogP contribution is -2.40. The molecule has 0 aromatic heterocycles. The summed E-state index contributed by atoms with van der Waals surface area (Å²) in [5, 5.41) is 0. The minimum atomic E-state index is 0.242. The Labute approximate surface area is 181 Å². The number of methoxy groups -OCH3 is 2. The Balaban J connectivity index is 1.54. The van der Waals surface area contributed by atoms with Crippen molar-refractivity contribution >= 4 is 5.91 Å². The molecule has 30 heavy (non-hydrogen) atoms. The van der Waals surface area contributed by atoms with E-state index in [1.165, 1.54) is 17.5 Å². The van der Waals surface area contributed by atoms with Gasteiger partial charge >= 0.3 is 0 Å². The second kappa shape index (κ2) is 11.6. The van der Waals surface area contributed by atoms with Crippen molar-refractivity contribution in [2.75, 3.05) is 47.2 Å². The molecule has 1 fully saturated rings. The number of benzene rings is 1. The van der Waals surface area contributed by atoms with Crippen molar-refractivity contribution in [2.45, 2.75) is 64.3 Å². The molecule has 0 saturated carbocycles. The summed E-state index contributed by atoms with van der Waals surface area (Å²) in [7, 11) is 3.40. The molecule has 2 aliphatic rings. The van der Waals surface area contributed by atoms with Crippen molar-refractivity contribution < 1.29 is 19.0 Å². The minimum absolute atomic E-state index is 0.242. The minimum Gasteiger partial charge on any atom is -0.493 e. The molecule has 0 N–H and O–H groups in total. The van der Waals surface area contributed by atoms with Gasteiger partial charge in [0.2, 0.25) is 5.91 Å². The first-order valence-electron chi connectivity index (χ1n) is 11.5. The quantitative estimate of drug-likeness (QED) is 0.543. The van der Waals surface area contributed by atoms with Crippen LogP contribution in [0.4, 0.5) is 0 Å². The van der Waals surface area contributed by atoms with Gasteiger partial charge in [0.05, 0.1) is 14.2 Å². The van der Waals surface area contributed by atoms with Crippen LogP contribution in [0.25, 0.3) is 0 Å². The van der Waals surface area contributed by atoms with Crippen LogP contribution in [0.1, 0.15) is 56.6 Å². The SMILES string of the molecule is CCCN(CCCCN1COCCCC1=O)C1CCc2cc(OC)c(OC)cc2C1. The second-order valence-corrected chi connectivity index (χ2v) is 8.41. The zero-order valence-electron chi connectivity index (χ0n) is 19.0. The van der Waals surface area contributed by atoms with Crippen molar-refractivity contribution in [2.24, 2.45) is 0 Å². The highest BCUT2D eigenvalue weighted by Crippen LogP contribution is 2.35. The van der Waals surface area contributed by atoms with Gasteiger partial charge in [-0.25, -0.2) is 0 Å². The molecule has 3 rings (SSSR count). The molecule has 0 spiro atoms. The fraction of sp³-hybridized carbons (Fsp3) is 0.708. The monoisotopic (exact) mass is 418 g/mol. The second-order valence-electron chi connectivity index (χ2n) is 8.41. The topological polar surface area (TPSA) is 51.2 Å². The fourth-order valence-electron chi connectivity index (χ4n) is 4.68. The Morgan fingerprint density at radius 1 is 1.10 bits per heavy atom. The van der Waals surface area contributed by atoms with Crippen molar-refractivity contribution in [3.8, 4) is 11.5 Å². The van der Waals surface area contributed by atoms with E-state index in [1.807, 2.05) is 4.90 Å². The molecule has 6 nitrogen and oxygen atoms in total. The number of ether oxygens (including phenoxy) is 3. The number of rotatable bonds is 10. The summed E-state index contributed by atoms with van der Waals surface area (Å²) in [5.74, 6) is 1.89. The first-order valence-corrected chi connectivity index (χ1v) is 11.5. The summed E-state index contributed by atoms with van der Waals surface area (Å²) in [6.07, 6.45) is 8.10. The van der Waals surface area contributed by atoms with Crippen molar-refractivity contribution in [1.82, 2.24) is 9.80 Å². The Bertz CT molecular complexity index is 694. The van der Waals surface area contributed by atoms with Crippen LogP contribution in [0.3, 0.4) is 0 Å². The maximum Gasteiger partial charge on any atom is 0.224 e. The summed E-state index contributed by atoms with van der Waals surface area (Å²) >= 11 is 0. The number of nitrogens with zero attached hydrogens (tertiary/aromatic N) is 2. The number of unbranched alkanes of at least 4 members (excludes halogenated alkanes) is 1. The highest BCUT2D eigenvalue weighted by atomic mass is 16.5. The molecule has 6 heteroatoms. The van der Waals surface area contributed by atoms with Crippen LogP contribution in [-0.4, -0.2) is 68.9 Å². The lowest BCUT2D eigenvalue weighted by atomic mass is 9.86. The molecule has 1 heterocycles. The number of hydrogen-bond donors (Lipinski definition) is 0. The summed E-state index contributed by atoms with van der Waals surface area (Å²) in [5.41, 5.74) is 2.78. The van der Waals surface area contributed by atoms with Crippen LogP contribution >= 0.6 is 0 Å². The van der Waals surface area contributed by atoms with E-state index in [1.54, 1.807) is 14.2 Å². The Kier molecular flexibility index (Phi) is 8.82. The van der Waals surface area contributed by atoms with Crippen molar-refractivity contribution in [3.63, 3.8) is 0 Å².